The van der Waals surface area contributed by atoms with Crippen LogP contribution in [0.3, 0.4) is 0 Å². The summed E-state index contributed by atoms with van der Waals surface area (Å²) < 4.78 is 2.19. The highest BCUT2D eigenvalue weighted by molar-refractivity contribution is 5.76. The number of hydrogen-bond acceptors (Lipinski definition) is 2. The largest absolute Gasteiger partial charge is 0.336 e. The van der Waals surface area contributed by atoms with E-state index < -0.39 is 0 Å². The molecule has 4 heteroatoms. The summed E-state index contributed by atoms with van der Waals surface area (Å²) in [5.74, 6) is 0.242. The van der Waals surface area contributed by atoms with E-state index in [2.05, 4.69) is 35.5 Å². The van der Waals surface area contributed by atoms with E-state index in [0.29, 0.717) is 19.0 Å². The molecule has 4 nitrogen and oxygen atoms in total. The van der Waals surface area contributed by atoms with E-state index in [1.165, 1.54) is 11.3 Å². The Bertz CT molecular complexity index is 646. The summed E-state index contributed by atoms with van der Waals surface area (Å²) in [6, 6.07) is 10.6. The van der Waals surface area contributed by atoms with E-state index in [0.717, 1.165) is 25.1 Å². The second-order valence-corrected chi connectivity index (χ2v) is 6.19. The van der Waals surface area contributed by atoms with Crippen molar-refractivity contribution < 1.29 is 4.79 Å². The van der Waals surface area contributed by atoms with Crippen LogP contribution in [0.1, 0.15) is 43.3 Å². The smallest absolute Gasteiger partial charge is 0.223 e. The Morgan fingerprint density at radius 1 is 1.27 bits per heavy atom. The highest BCUT2D eigenvalue weighted by Crippen LogP contribution is 2.21. The van der Waals surface area contributed by atoms with Crippen molar-refractivity contribution in [1.82, 2.24) is 14.5 Å². The number of fused-ring (bicyclic) bond motifs is 1. The number of carbonyl (C=O) groups is 1. The van der Waals surface area contributed by atoms with Crippen LogP contribution in [0.5, 0.6) is 0 Å². The maximum absolute atomic E-state index is 12.5. The van der Waals surface area contributed by atoms with Gasteiger partial charge in [0.2, 0.25) is 5.91 Å². The molecule has 1 amide bonds. The average Bonchev–Trinajstić information content (AvgIpc) is 2.96. The molecule has 0 saturated carbocycles. The van der Waals surface area contributed by atoms with Gasteiger partial charge in [-0.3, -0.25) is 4.79 Å². The number of nitrogens with zero attached hydrogens (tertiary/aromatic N) is 3. The summed E-state index contributed by atoms with van der Waals surface area (Å²) in [5, 5.41) is 0. The standard InChI is InChI=1S/C18H23N3O/c1-14(2)21-13-19-16-10-11-20(12-17(16)21)18(22)9-8-15-6-4-3-5-7-15/h3-7,13-14H,8-12H2,1-2H3. The lowest BCUT2D eigenvalue weighted by atomic mass is 10.1. The Balaban J connectivity index is 1.64. The Hall–Kier alpha value is -2.10. The minimum atomic E-state index is 0.242. The van der Waals surface area contributed by atoms with Crippen molar-refractivity contribution in [1.29, 1.82) is 0 Å². The van der Waals surface area contributed by atoms with Crippen LogP contribution in [0.4, 0.5) is 0 Å². The Morgan fingerprint density at radius 2 is 2.05 bits per heavy atom. The Morgan fingerprint density at radius 3 is 2.77 bits per heavy atom. The van der Waals surface area contributed by atoms with Gasteiger partial charge < -0.3 is 9.47 Å². The first-order valence-corrected chi connectivity index (χ1v) is 8.01. The minimum absolute atomic E-state index is 0.242. The number of aryl methyl sites for hydroxylation is 1. The average molecular weight is 297 g/mol. The summed E-state index contributed by atoms with van der Waals surface area (Å²) >= 11 is 0. The number of rotatable bonds is 4. The molecule has 0 fully saturated rings. The molecule has 1 aliphatic heterocycles. The molecular formula is C18H23N3O. The van der Waals surface area contributed by atoms with Gasteiger partial charge in [0.15, 0.2) is 0 Å². The van der Waals surface area contributed by atoms with Gasteiger partial charge in [0.05, 0.1) is 24.3 Å². The maximum Gasteiger partial charge on any atom is 0.223 e. The lowest BCUT2D eigenvalue weighted by Gasteiger charge is -2.28. The molecule has 1 aromatic carbocycles. The predicted molar refractivity (Wildman–Crippen MR) is 86.5 cm³/mol. The van der Waals surface area contributed by atoms with Gasteiger partial charge in [0, 0.05) is 25.4 Å². The molecule has 0 aliphatic carbocycles. The first-order chi connectivity index (χ1) is 10.6. The Kier molecular flexibility index (Phi) is 4.27. The fourth-order valence-corrected chi connectivity index (χ4v) is 3.02. The zero-order valence-electron chi connectivity index (χ0n) is 13.3. The molecule has 2 heterocycles. The van der Waals surface area contributed by atoms with Crippen LogP contribution >= 0.6 is 0 Å². The van der Waals surface area contributed by atoms with E-state index in [9.17, 15) is 4.79 Å². The number of aromatic nitrogens is 2. The molecule has 0 radical (unpaired) electrons. The summed E-state index contributed by atoms with van der Waals surface area (Å²) in [7, 11) is 0. The fourth-order valence-electron chi connectivity index (χ4n) is 3.02. The molecule has 1 aromatic heterocycles. The number of amides is 1. The van der Waals surface area contributed by atoms with Gasteiger partial charge in [-0.15, -0.1) is 0 Å². The number of carbonyl (C=O) groups excluding carboxylic acids is 1. The van der Waals surface area contributed by atoms with Crippen LogP contribution in [0, 0.1) is 0 Å². The summed E-state index contributed by atoms with van der Waals surface area (Å²) in [6.45, 7) is 5.78. The molecule has 1 aliphatic rings. The van der Waals surface area contributed by atoms with Crippen molar-refractivity contribution in [2.75, 3.05) is 6.54 Å². The second-order valence-electron chi connectivity index (χ2n) is 6.19. The molecule has 22 heavy (non-hydrogen) atoms. The first-order valence-electron chi connectivity index (χ1n) is 8.01. The van der Waals surface area contributed by atoms with Gasteiger partial charge in [-0.05, 0) is 25.8 Å². The molecular weight excluding hydrogens is 274 g/mol. The number of imidazole rings is 1. The van der Waals surface area contributed by atoms with Gasteiger partial charge in [0.25, 0.3) is 0 Å². The van der Waals surface area contributed by atoms with Crippen LogP contribution < -0.4 is 0 Å². The highest BCUT2D eigenvalue weighted by atomic mass is 16.2. The van der Waals surface area contributed by atoms with Gasteiger partial charge >= 0.3 is 0 Å². The van der Waals surface area contributed by atoms with Crippen molar-refractivity contribution in [2.45, 2.75) is 45.7 Å². The first kappa shape index (κ1) is 14.8. The number of benzene rings is 1. The third kappa shape index (κ3) is 3.06. The van der Waals surface area contributed by atoms with Crippen LogP contribution in [-0.4, -0.2) is 26.9 Å². The third-order valence-electron chi connectivity index (χ3n) is 4.32. The van der Waals surface area contributed by atoms with Crippen molar-refractivity contribution in [3.63, 3.8) is 0 Å². The summed E-state index contributed by atoms with van der Waals surface area (Å²) in [5.41, 5.74) is 3.58. The van der Waals surface area contributed by atoms with Crippen molar-refractivity contribution in [3.8, 4) is 0 Å². The molecule has 0 N–H and O–H groups in total. The molecule has 0 unspecified atom stereocenters. The molecule has 3 rings (SSSR count). The highest BCUT2D eigenvalue weighted by Gasteiger charge is 2.24. The molecule has 116 valence electrons. The Labute approximate surface area is 131 Å². The van der Waals surface area contributed by atoms with Crippen molar-refractivity contribution >= 4 is 5.91 Å². The minimum Gasteiger partial charge on any atom is -0.336 e. The van der Waals surface area contributed by atoms with Gasteiger partial charge in [-0.1, -0.05) is 30.3 Å². The summed E-state index contributed by atoms with van der Waals surface area (Å²) in [4.78, 5) is 18.9. The fraction of sp³-hybridized carbons (Fsp3) is 0.444. The zero-order valence-corrected chi connectivity index (χ0v) is 13.3. The van der Waals surface area contributed by atoms with E-state index >= 15 is 0 Å². The predicted octanol–water partition coefficient (Wildman–Crippen LogP) is 2.98. The van der Waals surface area contributed by atoms with Crippen LogP contribution in [0.15, 0.2) is 36.7 Å². The van der Waals surface area contributed by atoms with Gasteiger partial charge in [-0.25, -0.2) is 4.98 Å². The molecule has 0 bridgehead atoms. The van der Waals surface area contributed by atoms with Gasteiger partial charge in [0.1, 0.15) is 0 Å². The van der Waals surface area contributed by atoms with Crippen LogP contribution in [0.25, 0.3) is 0 Å². The molecule has 0 atom stereocenters. The van der Waals surface area contributed by atoms with Crippen molar-refractivity contribution in [3.05, 3.63) is 53.6 Å². The lowest BCUT2D eigenvalue weighted by Crippen LogP contribution is -2.37. The van der Waals surface area contributed by atoms with Crippen LogP contribution in [0.2, 0.25) is 0 Å². The normalized spacial score (nSPS) is 14.2. The zero-order chi connectivity index (χ0) is 15.5. The third-order valence-corrected chi connectivity index (χ3v) is 4.32. The molecule has 2 aromatic rings. The monoisotopic (exact) mass is 297 g/mol. The van der Waals surface area contributed by atoms with Crippen molar-refractivity contribution in [2.24, 2.45) is 0 Å². The summed E-state index contributed by atoms with van der Waals surface area (Å²) in [6.07, 6.45) is 4.17. The molecule has 0 spiro atoms. The maximum atomic E-state index is 12.5. The van der Waals surface area contributed by atoms with Gasteiger partial charge in [-0.2, -0.15) is 0 Å². The SMILES string of the molecule is CC(C)n1cnc2c1CN(C(=O)CCc1ccccc1)CC2. The van der Waals surface area contributed by atoms with Crippen LogP contribution in [-0.2, 0) is 24.2 Å². The topological polar surface area (TPSA) is 38.1 Å². The number of hydrogen-bond donors (Lipinski definition) is 0. The molecule has 0 saturated heterocycles. The van der Waals surface area contributed by atoms with E-state index in [1.54, 1.807) is 0 Å². The lowest BCUT2D eigenvalue weighted by molar-refractivity contribution is -0.132. The van der Waals surface area contributed by atoms with E-state index in [-0.39, 0.29) is 5.91 Å². The second kappa shape index (κ2) is 6.34. The quantitative estimate of drug-likeness (QED) is 0.870. The van der Waals surface area contributed by atoms with E-state index in [1.807, 2.05) is 29.4 Å². The van der Waals surface area contributed by atoms with E-state index in [4.69, 9.17) is 0 Å².